The van der Waals surface area contributed by atoms with Crippen LogP contribution in [0.1, 0.15) is 39.5 Å². The smallest absolute Gasteiger partial charge is 0.0489 e. The lowest BCUT2D eigenvalue weighted by atomic mass is 9.78. The van der Waals surface area contributed by atoms with E-state index in [0.717, 1.165) is 52.1 Å². The Labute approximate surface area is 99.1 Å². The molecule has 0 bridgehead atoms. The molecule has 1 aliphatic heterocycles. The van der Waals surface area contributed by atoms with Gasteiger partial charge in [-0.2, -0.15) is 0 Å². The van der Waals surface area contributed by atoms with Crippen LogP contribution in [-0.2, 0) is 9.47 Å². The lowest BCUT2D eigenvalue weighted by Gasteiger charge is -2.35. The summed E-state index contributed by atoms with van der Waals surface area (Å²) in [5, 5.41) is 9.48. The van der Waals surface area contributed by atoms with Crippen LogP contribution in [0.5, 0.6) is 0 Å². The fourth-order valence-corrected chi connectivity index (χ4v) is 2.00. The lowest BCUT2D eigenvalue weighted by molar-refractivity contribution is -0.0353. The highest BCUT2D eigenvalue weighted by Gasteiger charge is 2.31. The molecule has 1 heterocycles. The second-order valence-corrected chi connectivity index (χ2v) is 5.32. The summed E-state index contributed by atoms with van der Waals surface area (Å²) in [5.41, 5.74) is 0.0656. The Morgan fingerprint density at radius 3 is 2.50 bits per heavy atom. The molecular weight excluding hydrogens is 204 g/mol. The van der Waals surface area contributed by atoms with Crippen LogP contribution in [0.4, 0.5) is 0 Å². The highest BCUT2D eigenvalue weighted by atomic mass is 16.5. The summed E-state index contributed by atoms with van der Waals surface area (Å²) in [6.45, 7) is 7.86. The zero-order chi connectivity index (χ0) is 11.9. The molecule has 0 aromatic rings. The first-order chi connectivity index (χ1) is 7.68. The SMILES string of the molecule is CC(C)CCOCCC1(CO)CCOCC1. The van der Waals surface area contributed by atoms with Gasteiger partial charge in [-0.25, -0.2) is 0 Å². The number of rotatable bonds is 7. The Balaban J connectivity index is 2.13. The molecule has 0 aromatic heterocycles. The summed E-state index contributed by atoms with van der Waals surface area (Å²) in [4.78, 5) is 0. The van der Waals surface area contributed by atoms with Crippen molar-refractivity contribution in [3.63, 3.8) is 0 Å². The number of hydrogen-bond acceptors (Lipinski definition) is 3. The first kappa shape index (κ1) is 13.9. The second kappa shape index (κ2) is 7.25. The monoisotopic (exact) mass is 230 g/mol. The van der Waals surface area contributed by atoms with E-state index in [1.54, 1.807) is 0 Å². The topological polar surface area (TPSA) is 38.7 Å². The van der Waals surface area contributed by atoms with Crippen LogP contribution in [0.3, 0.4) is 0 Å². The van der Waals surface area contributed by atoms with Gasteiger partial charge in [0.2, 0.25) is 0 Å². The molecule has 1 saturated heterocycles. The van der Waals surface area contributed by atoms with Crippen LogP contribution in [0.2, 0.25) is 0 Å². The highest BCUT2D eigenvalue weighted by Crippen LogP contribution is 2.33. The molecule has 1 fully saturated rings. The summed E-state index contributed by atoms with van der Waals surface area (Å²) < 4.78 is 11.0. The Morgan fingerprint density at radius 2 is 1.94 bits per heavy atom. The normalized spacial score (nSPS) is 20.2. The van der Waals surface area contributed by atoms with Gasteiger partial charge in [0.05, 0.1) is 0 Å². The third-order valence-electron chi connectivity index (χ3n) is 3.51. The van der Waals surface area contributed by atoms with Crippen molar-refractivity contribution in [3.05, 3.63) is 0 Å². The average Bonchev–Trinajstić information content (AvgIpc) is 2.29. The summed E-state index contributed by atoms with van der Waals surface area (Å²) in [5.74, 6) is 0.704. The van der Waals surface area contributed by atoms with Gasteiger partial charge in [0, 0.05) is 38.4 Å². The average molecular weight is 230 g/mol. The zero-order valence-corrected chi connectivity index (χ0v) is 10.7. The number of ether oxygens (including phenoxy) is 2. The van der Waals surface area contributed by atoms with E-state index in [0.29, 0.717) is 5.92 Å². The summed E-state index contributed by atoms with van der Waals surface area (Å²) >= 11 is 0. The summed E-state index contributed by atoms with van der Waals surface area (Å²) in [6.07, 6.45) is 4.02. The van der Waals surface area contributed by atoms with Crippen molar-refractivity contribution in [3.8, 4) is 0 Å². The van der Waals surface area contributed by atoms with Gasteiger partial charge < -0.3 is 14.6 Å². The van der Waals surface area contributed by atoms with Crippen molar-refractivity contribution in [1.29, 1.82) is 0 Å². The van der Waals surface area contributed by atoms with Crippen LogP contribution in [0, 0.1) is 11.3 Å². The second-order valence-electron chi connectivity index (χ2n) is 5.32. The number of aliphatic hydroxyl groups is 1. The molecule has 0 radical (unpaired) electrons. The molecule has 0 saturated carbocycles. The third-order valence-corrected chi connectivity index (χ3v) is 3.51. The predicted molar refractivity (Wildman–Crippen MR) is 64.5 cm³/mol. The first-order valence-electron chi connectivity index (χ1n) is 6.45. The molecule has 1 N–H and O–H groups in total. The Morgan fingerprint density at radius 1 is 1.25 bits per heavy atom. The van der Waals surface area contributed by atoms with Gasteiger partial charge in [0.15, 0.2) is 0 Å². The Bertz CT molecular complexity index is 174. The fourth-order valence-electron chi connectivity index (χ4n) is 2.00. The van der Waals surface area contributed by atoms with Gasteiger partial charge in [-0.05, 0) is 31.6 Å². The fraction of sp³-hybridized carbons (Fsp3) is 1.00. The first-order valence-corrected chi connectivity index (χ1v) is 6.45. The van der Waals surface area contributed by atoms with E-state index < -0.39 is 0 Å². The molecule has 16 heavy (non-hydrogen) atoms. The minimum absolute atomic E-state index is 0.0656. The van der Waals surface area contributed by atoms with Gasteiger partial charge in [-0.15, -0.1) is 0 Å². The van der Waals surface area contributed by atoms with Gasteiger partial charge in [0.25, 0.3) is 0 Å². The highest BCUT2D eigenvalue weighted by molar-refractivity contribution is 4.80. The van der Waals surface area contributed by atoms with Crippen molar-refractivity contribution in [1.82, 2.24) is 0 Å². The minimum atomic E-state index is 0.0656. The molecule has 0 amide bonds. The molecule has 1 rings (SSSR count). The number of aliphatic hydroxyl groups excluding tert-OH is 1. The standard InChI is InChI=1S/C13H26O3/c1-12(2)3-7-15-8-4-13(11-14)5-9-16-10-6-13/h12,14H,3-11H2,1-2H3. The van der Waals surface area contributed by atoms with Gasteiger partial charge >= 0.3 is 0 Å². The van der Waals surface area contributed by atoms with E-state index in [1.165, 1.54) is 0 Å². The molecule has 0 aromatic carbocycles. The Kier molecular flexibility index (Phi) is 6.32. The van der Waals surface area contributed by atoms with E-state index in [1.807, 2.05) is 0 Å². The van der Waals surface area contributed by atoms with Crippen molar-refractivity contribution in [2.24, 2.45) is 11.3 Å². The van der Waals surface area contributed by atoms with Crippen LogP contribution < -0.4 is 0 Å². The largest absolute Gasteiger partial charge is 0.396 e. The van der Waals surface area contributed by atoms with Crippen molar-refractivity contribution in [2.75, 3.05) is 33.0 Å². The lowest BCUT2D eigenvalue weighted by Crippen LogP contribution is -2.34. The van der Waals surface area contributed by atoms with Gasteiger partial charge in [0.1, 0.15) is 0 Å². The molecule has 0 aliphatic carbocycles. The molecule has 1 aliphatic rings. The Hall–Kier alpha value is -0.120. The van der Waals surface area contributed by atoms with Crippen LogP contribution in [0.25, 0.3) is 0 Å². The van der Waals surface area contributed by atoms with E-state index in [2.05, 4.69) is 13.8 Å². The summed E-state index contributed by atoms with van der Waals surface area (Å²) in [6, 6.07) is 0. The molecule has 96 valence electrons. The number of hydrogen-bond donors (Lipinski definition) is 1. The molecule has 0 spiro atoms. The minimum Gasteiger partial charge on any atom is -0.396 e. The van der Waals surface area contributed by atoms with Crippen molar-refractivity contribution < 1.29 is 14.6 Å². The molecular formula is C13H26O3. The third kappa shape index (κ3) is 4.81. The van der Waals surface area contributed by atoms with Crippen LogP contribution in [0.15, 0.2) is 0 Å². The van der Waals surface area contributed by atoms with Crippen LogP contribution >= 0.6 is 0 Å². The predicted octanol–water partition coefficient (Wildman–Crippen LogP) is 2.23. The van der Waals surface area contributed by atoms with Gasteiger partial charge in [-0.3, -0.25) is 0 Å². The van der Waals surface area contributed by atoms with E-state index in [4.69, 9.17) is 9.47 Å². The van der Waals surface area contributed by atoms with E-state index in [-0.39, 0.29) is 12.0 Å². The molecule has 3 nitrogen and oxygen atoms in total. The van der Waals surface area contributed by atoms with Crippen molar-refractivity contribution >= 4 is 0 Å². The quantitative estimate of drug-likeness (QED) is 0.682. The molecule has 0 unspecified atom stereocenters. The molecule has 0 atom stereocenters. The maximum Gasteiger partial charge on any atom is 0.0489 e. The van der Waals surface area contributed by atoms with Crippen molar-refractivity contribution in [2.45, 2.75) is 39.5 Å². The van der Waals surface area contributed by atoms with Gasteiger partial charge in [-0.1, -0.05) is 13.8 Å². The van der Waals surface area contributed by atoms with Crippen LogP contribution in [-0.4, -0.2) is 38.1 Å². The maximum atomic E-state index is 9.48. The zero-order valence-electron chi connectivity index (χ0n) is 10.7. The van der Waals surface area contributed by atoms with E-state index >= 15 is 0 Å². The summed E-state index contributed by atoms with van der Waals surface area (Å²) in [7, 11) is 0. The van der Waals surface area contributed by atoms with E-state index in [9.17, 15) is 5.11 Å². The molecule has 3 heteroatoms. The maximum absolute atomic E-state index is 9.48.